The van der Waals surface area contributed by atoms with Crippen molar-refractivity contribution in [2.75, 3.05) is 7.05 Å². The van der Waals surface area contributed by atoms with Crippen molar-refractivity contribution in [2.24, 2.45) is 0 Å². The van der Waals surface area contributed by atoms with Gasteiger partial charge in [-0.15, -0.1) is 0 Å². The van der Waals surface area contributed by atoms with Gasteiger partial charge in [0.1, 0.15) is 17.7 Å². The van der Waals surface area contributed by atoms with E-state index in [2.05, 4.69) is 5.32 Å². The number of benzene rings is 2. The predicted molar refractivity (Wildman–Crippen MR) is 77.6 cm³/mol. The molecule has 1 N–H and O–H groups in total. The Labute approximate surface area is 122 Å². The summed E-state index contributed by atoms with van der Waals surface area (Å²) in [6.45, 7) is 0. The maximum atomic E-state index is 14.0. The number of rotatable bonds is 2. The minimum absolute atomic E-state index is 0.142. The lowest BCUT2D eigenvalue weighted by Crippen LogP contribution is -2.27. The molecular weight excluding hydrogens is 277 g/mol. The van der Waals surface area contributed by atoms with Gasteiger partial charge in [-0.1, -0.05) is 29.8 Å². The van der Waals surface area contributed by atoms with Gasteiger partial charge >= 0.3 is 0 Å². The van der Waals surface area contributed by atoms with Crippen molar-refractivity contribution in [3.05, 3.63) is 64.4 Å². The molecule has 0 radical (unpaired) electrons. The first-order valence-electron chi connectivity index (χ1n) is 6.57. The summed E-state index contributed by atoms with van der Waals surface area (Å²) in [7, 11) is 1.90. The lowest BCUT2D eigenvalue weighted by molar-refractivity contribution is 0.150. The minimum atomic E-state index is -0.332. The second-order valence-electron chi connectivity index (χ2n) is 4.89. The highest BCUT2D eigenvalue weighted by atomic mass is 35.5. The molecular formula is C16H15ClFNO. The Morgan fingerprint density at radius 3 is 2.80 bits per heavy atom. The summed E-state index contributed by atoms with van der Waals surface area (Å²) in [6.07, 6.45) is 0.339. The second-order valence-corrected chi connectivity index (χ2v) is 5.32. The Balaban J connectivity index is 2.00. The van der Waals surface area contributed by atoms with Gasteiger partial charge < -0.3 is 10.1 Å². The van der Waals surface area contributed by atoms with Crippen LogP contribution >= 0.6 is 11.6 Å². The number of fused-ring (bicyclic) bond motifs is 1. The van der Waals surface area contributed by atoms with Crippen LogP contribution in [0.25, 0.3) is 0 Å². The van der Waals surface area contributed by atoms with Crippen LogP contribution in [0.3, 0.4) is 0 Å². The fourth-order valence-corrected chi connectivity index (χ4v) is 2.82. The van der Waals surface area contributed by atoms with Gasteiger partial charge in [0, 0.05) is 28.6 Å². The van der Waals surface area contributed by atoms with Gasteiger partial charge in [-0.05, 0) is 31.3 Å². The molecule has 104 valence electrons. The molecule has 1 aliphatic heterocycles. The maximum absolute atomic E-state index is 14.0. The summed E-state index contributed by atoms with van der Waals surface area (Å²) in [5.41, 5.74) is 1.61. The third-order valence-corrected chi connectivity index (χ3v) is 3.90. The molecule has 2 aromatic rings. The number of ether oxygens (including phenoxy) is 1. The molecule has 0 bridgehead atoms. The maximum Gasteiger partial charge on any atom is 0.130 e. The molecule has 2 unspecified atom stereocenters. The smallest absolute Gasteiger partial charge is 0.130 e. The topological polar surface area (TPSA) is 21.3 Å². The zero-order valence-corrected chi connectivity index (χ0v) is 11.8. The summed E-state index contributed by atoms with van der Waals surface area (Å²) in [6, 6.07) is 12.6. The molecule has 1 aliphatic rings. The first-order chi connectivity index (χ1) is 9.69. The van der Waals surface area contributed by atoms with Crippen LogP contribution in [-0.2, 0) is 0 Å². The molecule has 2 atom stereocenters. The van der Waals surface area contributed by atoms with Crippen LogP contribution in [0.2, 0.25) is 5.02 Å². The molecule has 0 fully saturated rings. The van der Waals surface area contributed by atoms with Crippen LogP contribution in [0.5, 0.6) is 5.75 Å². The van der Waals surface area contributed by atoms with E-state index in [9.17, 15) is 4.39 Å². The fourth-order valence-electron chi connectivity index (χ4n) is 2.64. The van der Waals surface area contributed by atoms with E-state index in [1.54, 1.807) is 12.1 Å². The van der Waals surface area contributed by atoms with E-state index in [1.165, 1.54) is 6.07 Å². The number of halogens is 2. The van der Waals surface area contributed by atoms with Crippen molar-refractivity contribution in [2.45, 2.75) is 18.6 Å². The van der Waals surface area contributed by atoms with Crippen LogP contribution < -0.4 is 10.1 Å². The summed E-state index contributed by atoms with van der Waals surface area (Å²) < 4.78 is 19.9. The van der Waals surface area contributed by atoms with Crippen LogP contribution in [0.4, 0.5) is 4.39 Å². The van der Waals surface area contributed by atoms with E-state index in [0.717, 1.165) is 11.3 Å². The van der Waals surface area contributed by atoms with Gasteiger partial charge in [0.2, 0.25) is 0 Å². The summed E-state index contributed by atoms with van der Waals surface area (Å²) in [5, 5.41) is 3.78. The summed E-state index contributed by atoms with van der Waals surface area (Å²) >= 11 is 5.97. The highest BCUT2D eigenvalue weighted by molar-refractivity contribution is 6.30. The minimum Gasteiger partial charge on any atom is -0.485 e. The van der Waals surface area contributed by atoms with E-state index in [4.69, 9.17) is 16.3 Å². The van der Waals surface area contributed by atoms with Gasteiger partial charge in [-0.2, -0.15) is 0 Å². The molecule has 2 aromatic carbocycles. The Morgan fingerprint density at radius 1 is 1.20 bits per heavy atom. The normalized spacial score (nSPS) is 21.1. The third kappa shape index (κ3) is 2.39. The largest absolute Gasteiger partial charge is 0.485 e. The molecule has 0 aliphatic carbocycles. The van der Waals surface area contributed by atoms with Gasteiger partial charge in [0.25, 0.3) is 0 Å². The van der Waals surface area contributed by atoms with E-state index >= 15 is 0 Å². The molecule has 2 nitrogen and oxygen atoms in total. The molecule has 0 saturated heterocycles. The van der Waals surface area contributed by atoms with Crippen LogP contribution in [0.1, 0.15) is 29.7 Å². The lowest BCUT2D eigenvalue weighted by atomic mass is 9.93. The van der Waals surface area contributed by atoms with E-state index in [-0.39, 0.29) is 18.0 Å². The van der Waals surface area contributed by atoms with Crippen LogP contribution in [0, 0.1) is 5.82 Å². The number of hydrogen-bond acceptors (Lipinski definition) is 2. The zero-order chi connectivity index (χ0) is 14.1. The van der Waals surface area contributed by atoms with Crippen molar-refractivity contribution in [1.29, 1.82) is 0 Å². The first-order valence-corrected chi connectivity index (χ1v) is 6.94. The molecule has 0 spiro atoms. The molecule has 3 rings (SSSR count). The average molecular weight is 292 g/mol. The SMILES string of the molecule is CNC1CC(c2cc(Cl)ccc2F)Oc2ccccc21. The quantitative estimate of drug-likeness (QED) is 0.892. The van der Waals surface area contributed by atoms with Crippen molar-refractivity contribution in [1.82, 2.24) is 5.32 Å². The Morgan fingerprint density at radius 2 is 2.00 bits per heavy atom. The van der Waals surface area contributed by atoms with Crippen LogP contribution in [0.15, 0.2) is 42.5 Å². The average Bonchev–Trinajstić information content (AvgIpc) is 2.48. The number of nitrogens with one attached hydrogen (secondary N) is 1. The van der Waals surface area contributed by atoms with Crippen molar-refractivity contribution >= 4 is 11.6 Å². The van der Waals surface area contributed by atoms with Crippen molar-refractivity contribution in [3.8, 4) is 5.75 Å². The van der Waals surface area contributed by atoms with E-state index in [1.807, 2.05) is 31.3 Å². The molecule has 0 amide bonds. The summed E-state index contributed by atoms with van der Waals surface area (Å²) in [4.78, 5) is 0. The van der Waals surface area contributed by atoms with Crippen molar-refractivity contribution in [3.63, 3.8) is 0 Å². The van der Waals surface area contributed by atoms with E-state index in [0.29, 0.717) is 17.0 Å². The second kappa shape index (κ2) is 5.43. The molecule has 0 aromatic heterocycles. The molecule has 4 heteroatoms. The standard InChI is InChI=1S/C16H15ClFNO/c1-19-14-9-16(12-8-10(17)6-7-13(12)18)20-15-5-3-2-4-11(14)15/h2-8,14,16,19H,9H2,1H3. The van der Waals surface area contributed by atoms with Gasteiger partial charge in [0.05, 0.1) is 0 Å². The highest BCUT2D eigenvalue weighted by Gasteiger charge is 2.29. The van der Waals surface area contributed by atoms with Gasteiger partial charge in [-0.25, -0.2) is 4.39 Å². The fraction of sp³-hybridized carbons (Fsp3) is 0.250. The number of hydrogen-bond donors (Lipinski definition) is 1. The third-order valence-electron chi connectivity index (χ3n) is 3.67. The van der Waals surface area contributed by atoms with Gasteiger partial charge in [-0.3, -0.25) is 0 Å². The van der Waals surface area contributed by atoms with Crippen molar-refractivity contribution < 1.29 is 9.13 Å². The predicted octanol–water partition coefficient (Wildman–Crippen LogP) is 4.26. The van der Waals surface area contributed by atoms with Gasteiger partial charge in [0.15, 0.2) is 0 Å². The molecule has 0 saturated carbocycles. The number of para-hydroxylation sites is 1. The Kier molecular flexibility index (Phi) is 3.64. The van der Waals surface area contributed by atoms with Crippen LogP contribution in [-0.4, -0.2) is 7.05 Å². The zero-order valence-electron chi connectivity index (χ0n) is 11.1. The monoisotopic (exact) mass is 291 g/mol. The molecule has 20 heavy (non-hydrogen) atoms. The Bertz CT molecular complexity index is 632. The summed E-state index contributed by atoms with van der Waals surface area (Å²) in [5.74, 6) is 0.510. The molecule has 1 heterocycles. The lowest BCUT2D eigenvalue weighted by Gasteiger charge is -2.32. The Hall–Kier alpha value is -1.58. The first kappa shape index (κ1) is 13.4. The highest BCUT2D eigenvalue weighted by Crippen LogP contribution is 2.41. The van der Waals surface area contributed by atoms with E-state index < -0.39 is 0 Å².